The molecule has 0 radical (unpaired) electrons. The lowest BCUT2D eigenvalue weighted by molar-refractivity contribution is 0.589. The van der Waals surface area contributed by atoms with Crippen LogP contribution >= 0.6 is 12.4 Å². The standard InChI is InChI=1S/C22H22F2N4.ClH/c1-13-14(2)25-22(26-19-8-6-17(23)7-9-19)27-21(13)28-11-10-16-4-5-18(24)12-20(16)15(28)3;/h4-9,12,15H,10-11H2,1-3H3,(H,25,26,27);1H. The van der Waals surface area contributed by atoms with Gasteiger partial charge in [0, 0.05) is 23.5 Å². The summed E-state index contributed by atoms with van der Waals surface area (Å²) in [6.07, 6.45) is 0.836. The Labute approximate surface area is 175 Å². The first-order valence-electron chi connectivity index (χ1n) is 9.35. The maximum absolute atomic E-state index is 13.8. The number of aromatic nitrogens is 2. The molecule has 1 N–H and O–H groups in total. The van der Waals surface area contributed by atoms with E-state index in [0.717, 1.165) is 41.3 Å². The fraction of sp³-hybridized carbons (Fsp3) is 0.273. The molecular weight excluding hydrogens is 394 g/mol. The Morgan fingerprint density at radius 3 is 2.41 bits per heavy atom. The molecule has 1 atom stereocenters. The molecule has 7 heteroatoms. The minimum atomic E-state index is -0.291. The topological polar surface area (TPSA) is 41.1 Å². The number of nitrogens with one attached hydrogen (secondary N) is 1. The zero-order valence-electron chi connectivity index (χ0n) is 16.5. The SMILES string of the molecule is Cc1nc(Nc2ccc(F)cc2)nc(N2CCc3ccc(F)cc3C2C)c1C.Cl. The van der Waals surface area contributed by atoms with Crippen LogP contribution in [0.25, 0.3) is 0 Å². The summed E-state index contributed by atoms with van der Waals surface area (Å²) >= 11 is 0. The van der Waals surface area contributed by atoms with E-state index in [2.05, 4.69) is 22.1 Å². The van der Waals surface area contributed by atoms with Crippen molar-refractivity contribution in [1.29, 1.82) is 0 Å². The van der Waals surface area contributed by atoms with Crippen molar-refractivity contribution in [2.24, 2.45) is 0 Å². The molecule has 4 rings (SSSR count). The van der Waals surface area contributed by atoms with Crippen LogP contribution in [0.15, 0.2) is 42.5 Å². The highest BCUT2D eigenvalue weighted by Gasteiger charge is 2.27. The summed E-state index contributed by atoms with van der Waals surface area (Å²) in [7, 11) is 0. The molecule has 1 unspecified atom stereocenters. The van der Waals surface area contributed by atoms with Gasteiger partial charge in [-0.05, 0) is 74.7 Å². The zero-order valence-corrected chi connectivity index (χ0v) is 17.4. The van der Waals surface area contributed by atoms with E-state index in [9.17, 15) is 8.78 Å². The molecule has 1 aromatic heterocycles. The number of nitrogens with zero attached hydrogens (tertiary/aromatic N) is 3. The van der Waals surface area contributed by atoms with E-state index in [1.165, 1.54) is 23.8 Å². The van der Waals surface area contributed by atoms with Crippen molar-refractivity contribution in [2.45, 2.75) is 33.2 Å². The molecule has 4 nitrogen and oxygen atoms in total. The minimum Gasteiger partial charge on any atom is -0.349 e. The second kappa shape index (κ2) is 8.33. The van der Waals surface area contributed by atoms with Gasteiger partial charge >= 0.3 is 0 Å². The zero-order chi connectivity index (χ0) is 19.8. The smallest absolute Gasteiger partial charge is 0.229 e. The van der Waals surface area contributed by atoms with E-state index < -0.39 is 0 Å². The summed E-state index contributed by atoms with van der Waals surface area (Å²) in [6.45, 7) is 6.81. The lowest BCUT2D eigenvalue weighted by atomic mass is 9.93. The Hall–Kier alpha value is -2.73. The third kappa shape index (κ3) is 4.17. The predicted octanol–water partition coefficient (Wildman–Crippen LogP) is 5.66. The van der Waals surface area contributed by atoms with E-state index >= 15 is 0 Å². The number of anilines is 3. The number of benzene rings is 2. The largest absolute Gasteiger partial charge is 0.349 e. The molecule has 0 spiro atoms. The summed E-state index contributed by atoms with van der Waals surface area (Å²) in [6, 6.07) is 11.1. The highest BCUT2D eigenvalue weighted by atomic mass is 35.5. The van der Waals surface area contributed by atoms with Gasteiger partial charge < -0.3 is 10.2 Å². The van der Waals surface area contributed by atoms with Crippen molar-refractivity contribution >= 4 is 29.9 Å². The van der Waals surface area contributed by atoms with Gasteiger partial charge in [-0.15, -0.1) is 12.4 Å². The first kappa shape index (κ1) is 21.0. The molecule has 29 heavy (non-hydrogen) atoms. The minimum absolute atomic E-state index is 0. The third-order valence-corrected chi connectivity index (χ3v) is 5.38. The van der Waals surface area contributed by atoms with Gasteiger partial charge in [0.2, 0.25) is 5.95 Å². The van der Waals surface area contributed by atoms with Gasteiger partial charge in [0.25, 0.3) is 0 Å². The van der Waals surface area contributed by atoms with Crippen molar-refractivity contribution in [1.82, 2.24) is 9.97 Å². The third-order valence-electron chi connectivity index (χ3n) is 5.38. The fourth-order valence-electron chi connectivity index (χ4n) is 3.69. The average molecular weight is 417 g/mol. The second-order valence-electron chi connectivity index (χ2n) is 7.18. The van der Waals surface area contributed by atoms with Crippen LogP contribution in [-0.2, 0) is 6.42 Å². The van der Waals surface area contributed by atoms with Crippen molar-refractivity contribution in [3.63, 3.8) is 0 Å². The van der Waals surface area contributed by atoms with Crippen molar-refractivity contribution in [3.05, 3.63) is 76.5 Å². The molecule has 0 saturated heterocycles. The second-order valence-corrected chi connectivity index (χ2v) is 7.18. The summed E-state index contributed by atoms with van der Waals surface area (Å²) in [5.41, 5.74) is 4.76. The van der Waals surface area contributed by atoms with E-state index in [1.807, 2.05) is 19.9 Å². The molecule has 0 bridgehead atoms. The molecule has 0 amide bonds. The Kier molecular flexibility index (Phi) is 6.03. The molecule has 0 saturated carbocycles. The Bertz CT molecular complexity index is 1020. The maximum atomic E-state index is 13.8. The molecule has 2 heterocycles. The molecular formula is C22H23ClF2N4. The number of hydrogen-bond acceptors (Lipinski definition) is 4. The number of rotatable bonds is 3. The van der Waals surface area contributed by atoms with Crippen molar-refractivity contribution in [3.8, 4) is 0 Å². The predicted molar refractivity (Wildman–Crippen MR) is 114 cm³/mol. The summed E-state index contributed by atoms with van der Waals surface area (Å²) in [5.74, 6) is 0.781. The van der Waals surface area contributed by atoms with Gasteiger partial charge in [0.05, 0.1) is 6.04 Å². The first-order chi connectivity index (χ1) is 13.4. The van der Waals surface area contributed by atoms with Crippen LogP contribution in [0.2, 0.25) is 0 Å². The first-order valence-corrected chi connectivity index (χ1v) is 9.35. The highest BCUT2D eigenvalue weighted by molar-refractivity contribution is 5.85. The molecule has 1 aliphatic heterocycles. The quantitative estimate of drug-likeness (QED) is 0.598. The maximum Gasteiger partial charge on any atom is 0.229 e. The van der Waals surface area contributed by atoms with E-state index in [-0.39, 0.29) is 30.1 Å². The fourth-order valence-corrected chi connectivity index (χ4v) is 3.69. The van der Waals surface area contributed by atoms with Crippen LogP contribution in [0, 0.1) is 25.5 Å². The van der Waals surface area contributed by atoms with E-state index in [0.29, 0.717) is 5.95 Å². The molecule has 152 valence electrons. The van der Waals surface area contributed by atoms with Gasteiger partial charge in [0.1, 0.15) is 17.5 Å². The lowest BCUT2D eigenvalue weighted by Gasteiger charge is -2.37. The van der Waals surface area contributed by atoms with Crippen LogP contribution < -0.4 is 10.2 Å². The van der Waals surface area contributed by atoms with Gasteiger partial charge in [-0.2, -0.15) is 4.98 Å². The summed E-state index contributed by atoms with van der Waals surface area (Å²) in [4.78, 5) is 11.5. The number of halogens is 3. The van der Waals surface area contributed by atoms with Gasteiger partial charge in [-0.3, -0.25) is 0 Å². The normalized spacial score (nSPS) is 15.5. The molecule has 2 aromatic carbocycles. The molecule has 0 fully saturated rings. The molecule has 1 aliphatic rings. The van der Waals surface area contributed by atoms with Gasteiger partial charge in [-0.25, -0.2) is 13.8 Å². The van der Waals surface area contributed by atoms with Crippen molar-refractivity contribution in [2.75, 3.05) is 16.8 Å². The van der Waals surface area contributed by atoms with Crippen LogP contribution in [0.4, 0.5) is 26.2 Å². The average Bonchev–Trinajstić information content (AvgIpc) is 2.67. The molecule has 3 aromatic rings. The van der Waals surface area contributed by atoms with Crippen LogP contribution in [-0.4, -0.2) is 16.5 Å². The highest BCUT2D eigenvalue weighted by Crippen LogP contribution is 2.35. The van der Waals surface area contributed by atoms with Gasteiger partial charge in [0.15, 0.2) is 0 Å². The summed E-state index contributed by atoms with van der Waals surface area (Å²) < 4.78 is 26.9. The van der Waals surface area contributed by atoms with E-state index in [4.69, 9.17) is 4.98 Å². The monoisotopic (exact) mass is 416 g/mol. The number of hydrogen-bond donors (Lipinski definition) is 1. The van der Waals surface area contributed by atoms with Crippen LogP contribution in [0.1, 0.15) is 35.3 Å². The Balaban J connectivity index is 0.00000240. The molecule has 0 aliphatic carbocycles. The summed E-state index contributed by atoms with van der Waals surface area (Å²) in [5, 5.41) is 3.15. The Morgan fingerprint density at radius 1 is 1.00 bits per heavy atom. The van der Waals surface area contributed by atoms with Crippen LogP contribution in [0.3, 0.4) is 0 Å². The van der Waals surface area contributed by atoms with Gasteiger partial charge in [-0.1, -0.05) is 6.07 Å². The Morgan fingerprint density at radius 2 is 1.69 bits per heavy atom. The van der Waals surface area contributed by atoms with Crippen molar-refractivity contribution < 1.29 is 8.78 Å². The number of aryl methyl sites for hydroxylation is 1. The lowest BCUT2D eigenvalue weighted by Crippen LogP contribution is -2.35. The van der Waals surface area contributed by atoms with E-state index in [1.54, 1.807) is 18.2 Å². The number of fused-ring (bicyclic) bond motifs is 1. The van der Waals surface area contributed by atoms with Crippen LogP contribution in [0.5, 0.6) is 0 Å².